The number of para-hydroxylation sites is 2. The van der Waals surface area contributed by atoms with Crippen LogP contribution in [-0.4, -0.2) is 14.5 Å². The van der Waals surface area contributed by atoms with Gasteiger partial charge in [-0.15, -0.1) is 11.3 Å². The maximum absolute atomic E-state index is 6.41. The van der Waals surface area contributed by atoms with Crippen LogP contribution in [0.2, 0.25) is 0 Å². The minimum absolute atomic E-state index is 0.689. The van der Waals surface area contributed by atoms with E-state index >= 15 is 0 Å². The Labute approximate surface area is 296 Å². The molecule has 0 N–H and O–H groups in total. The van der Waals surface area contributed by atoms with Crippen molar-refractivity contribution in [3.63, 3.8) is 0 Å². The topological polar surface area (TPSA) is 43.9 Å². The molecule has 0 fully saturated rings. The van der Waals surface area contributed by atoms with E-state index in [1.54, 1.807) is 0 Å². The number of hydrogen-bond donors (Lipinski definition) is 0. The van der Waals surface area contributed by atoms with Crippen molar-refractivity contribution < 1.29 is 4.42 Å². The van der Waals surface area contributed by atoms with Crippen LogP contribution in [0, 0.1) is 0 Å². The highest BCUT2D eigenvalue weighted by atomic mass is 32.1. The van der Waals surface area contributed by atoms with E-state index in [2.05, 4.69) is 132 Å². The van der Waals surface area contributed by atoms with Gasteiger partial charge in [-0.3, -0.25) is 0 Å². The highest BCUT2D eigenvalue weighted by molar-refractivity contribution is 7.26. The predicted octanol–water partition coefficient (Wildman–Crippen LogP) is 12.8. The summed E-state index contributed by atoms with van der Waals surface area (Å²) in [6.07, 6.45) is 0. The van der Waals surface area contributed by atoms with E-state index < -0.39 is 0 Å². The largest absolute Gasteiger partial charge is 0.452 e. The van der Waals surface area contributed by atoms with Crippen LogP contribution in [0.3, 0.4) is 0 Å². The molecule has 0 saturated carbocycles. The third-order valence-electron chi connectivity index (χ3n) is 10.0. The van der Waals surface area contributed by atoms with Gasteiger partial charge in [0.15, 0.2) is 11.4 Å². The number of aromatic nitrogens is 3. The first-order chi connectivity index (χ1) is 25.3. The number of rotatable bonds is 4. The maximum atomic E-state index is 6.41. The Morgan fingerprint density at radius 2 is 1.24 bits per heavy atom. The van der Waals surface area contributed by atoms with Crippen molar-refractivity contribution in [1.29, 1.82) is 0 Å². The Kier molecular flexibility index (Phi) is 6.09. The predicted molar refractivity (Wildman–Crippen MR) is 213 cm³/mol. The smallest absolute Gasteiger partial charge is 0.180 e. The summed E-state index contributed by atoms with van der Waals surface area (Å²) < 4.78 is 11.2. The second kappa shape index (κ2) is 11.0. The lowest BCUT2D eigenvalue weighted by Crippen LogP contribution is -1.95. The minimum atomic E-state index is 0.689. The molecule has 0 spiro atoms. The average Bonchev–Trinajstić information content (AvgIpc) is 3.87. The molecule has 11 rings (SSSR count). The second-order valence-corrected chi connectivity index (χ2v) is 14.0. The SMILES string of the molecule is c1ccc(-c2ccc3c(c2)c2ccccc2n3-c2ccc3sc4cccc(-c5nc(-c6ccccc6)c6oc7ccccc7c6n5)c4c3c2)cc1. The number of thiophene rings is 1. The molecule has 4 aromatic heterocycles. The fourth-order valence-corrected chi connectivity index (χ4v) is 8.82. The standard InChI is InChI=1S/C46H27N3OS/c1-3-12-28(13-4-1)30-22-24-38-35(26-30)32-16-7-9-19-37(32)49(38)31-23-25-40-36(27-31)42-34(18-11-21-41(42)51-40)46-47-43(29-14-5-2-6-15-29)45-44(48-46)33-17-8-10-20-39(33)50-45/h1-27H. The summed E-state index contributed by atoms with van der Waals surface area (Å²) in [6, 6.07) is 57.9. The van der Waals surface area contributed by atoms with Crippen LogP contribution < -0.4 is 0 Å². The molecule has 7 aromatic carbocycles. The molecule has 0 aliphatic carbocycles. The summed E-state index contributed by atoms with van der Waals surface area (Å²) in [7, 11) is 0. The van der Waals surface area contributed by atoms with E-state index in [1.807, 2.05) is 47.7 Å². The Bertz CT molecular complexity index is 3140. The molecule has 0 bridgehead atoms. The number of benzene rings is 7. The molecule has 0 aliphatic heterocycles. The van der Waals surface area contributed by atoms with Gasteiger partial charge in [0, 0.05) is 53.1 Å². The van der Waals surface area contributed by atoms with E-state index in [9.17, 15) is 0 Å². The van der Waals surface area contributed by atoms with E-state index in [4.69, 9.17) is 14.4 Å². The highest BCUT2D eigenvalue weighted by Gasteiger charge is 2.21. The van der Waals surface area contributed by atoms with Gasteiger partial charge in [-0.1, -0.05) is 109 Å². The molecule has 11 aromatic rings. The average molecular weight is 670 g/mol. The molecule has 5 heteroatoms. The lowest BCUT2D eigenvalue weighted by Gasteiger charge is -2.10. The third-order valence-corrected chi connectivity index (χ3v) is 11.2. The molecule has 51 heavy (non-hydrogen) atoms. The van der Waals surface area contributed by atoms with E-state index in [1.165, 1.54) is 47.7 Å². The number of nitrogens with zero attached hydrogens (tertiary/aromatic N) is 3. The van der Waals surface area contributed by atoms with Crippen LogP contribution in [0.4, 0.5) is 0 Å². The van der Waals surface area contributed by atoms with Gasteiger partial charge in [-0.05, 0) is 65.7 Å². The van der Waals surface area contributed by atoms with Crippen molar-refractivity contribution in [2.75, 3.05) is 0 Å². The van der Waals surface area contributed by atoms with Gasteiger partial charge in [0.1, 0.15) is 16.8 Å². The third kappa shape index (κ3) is 4.32. The van der Waals surface area contributed by atoms with Gasteiger partial charge in [-0.25, -0.2) is 9.97 Å². The first kappa shape index (κ1) is 28.3. The van der Waals surface area contributed by atoms with Crippen LogP contribution >= 0.6 is 11.3 Å². The summed E-state index contributed by atoms with van der Waals surface area (Å²) in [5.74, 6) is 0.689. The zero-order valence-corrected chi connectivity index (χ0v) is 28.1. The van der Waals surface area contributed by atoms with Crippen molar-refractivity contribution in [1.82, 2.24) is 14.5 Å². The van der Waals surface area contributed by atoms with Gasteiger partial charge in [0.2, 0.25) is 0 Å². The second-order valence-electron chi connectivity index (χ2n) is 12.9. The molecule has 0 amide bonds. The molecule has 4 heterocycles. The summed E-state index contributed by atoms with van der Waals surface area (Å²) in [6.45, 7) is 0. The Balaban J connectivity index is 1.16. The van der Waals surface area contributed by atoms with Crippen molar-refractivity contribution in [3.05, 3.63) is 164 Å². The molecule has 0 aliphatic rings. The Hall–Kier alpha value is -6.56. The van der Waals surface area contributed by atoms with Crippen molar-refractivity contribution in [2.45, 2.75) is 0 Å². The summed E-state index contributed by atoms with van der Waals surface area (Å²) >= 11 is 1.81. The van der Waals surface area contributed by atoms with Gasteiger partial charge >= 0.3 is 0 Å². The lowest BCUT2D eigenvalue weighted by atomic mass is 10.0. The van der Waals surface area contributed by atoms with Gasteiger partial charge < -0.3 is 8.98 Å². The van der Waals surface area contributed by atoms with Crippen molar-refractivity contribution >= 4 is 75.4 Å². The van der Waals surface area contributed by atoms with Crippen LogP contribution in [0.1, 0.15) is 0 Å². The molecular weight excluding hydrogens is 643 g/mol. The molecule has 238 valence electrons. The fourth-order valence-electron chi connectivity index (χ4n) is 7.70. The Morgan fingerprint density at radius 1 is 0.490 bits per heavy atom. The van der Waals surface area contributed by atoms with Crippen LogP contribution in [0.25, 0.3) is 104 Å². The number of hydrogen-bond acceptors (Lipinski definition) is 4. The van der Waals surface area contributed by atoms with Crippen LogP contribution in [0.5, 0.6) is 0 Å². The molecule has 0 atom stereocenters. The van der Waals surface area contributed by atoms with Crippen molar-refractivity contribution in [3.8, 4) is 39.5 Å². The number of fused-ring (bicyclic) bond motifs is 9. The van der Waals surface area contributed by atoms with E-state index in [0.29, 0.717) is 11.4 Å². The van der Waals surface area contributed by atoms with E-state index in [0.717, 1.165) is 44.4 Å². The molecule has 4 nitrogen and oxygen atoms in total. The molecule has 0 radical (unpaired) electrons. The monoisotopic (exact) mass is 669 g/mol. The van der Waals surface area contributed by atoms with Gasteiger partial charge in [-0.2, -0.15) is 0 Å². The highest BCUT2D eigenvalue weighted by Crippen LogP contribution is 2.43. The first-order valence-electron chi connectivity index (χ1n) is 17.1. The minimum Gasteiger partial charge on any atom is -0.452 e. The zero-order chi connectivity index (χ0) is 33.5. The normalized spacial score (nSPS) is 11.9. The van der Waals surface area contributed by atoms with Crippen molar-refractivity contribution in [2.24, 2.45) is 0 Å². The maximum Gasteiger partial charge on any atom is 0.180 e. The first-order valence-corrected chi connectivity index (χ1v) is 17.9. The Morgan fingerprint density at radius 3 is 2.10 bits per heavy atom. The van der Waals surface area contributed by atoms with E-state index in [-0.39, 0.29) is 0 Å². The van der Waals surface area contributed by atoms with Gasteiger partial charge in [0.25, 0.3) is 0 Å². The summed E-state index contributed by atoms with van der Waals surface area (Å²) in [5.41, 5.74) is 11.1. The van der Waals surface area contributed by atoms with Crippen LogP contribution in [-0.2, 0) is 0 Å². The van der Waals surface area contributed by atoms with Gasteiger partial charge in [0.05, 0.1) is 11.0 Å². The summed E-state index contributed by atoms with van der Waals surface area (Å²) in [5, 5.41) is 5.82. The zero-order valence-electron chi connectivity index (χ0n) is 27.2. The number of furan rings is 1. The molecular formula is C46H27N3OS. The summed E-state index contributed by atoms with van der Waals surface area (Å²) in [4.78, 5) is 10.5. The lowest BCUT2D eigenvalue weighted by molar-refractivity contribution is 0.667. The fraction of sp³-hybridized carbons (Fsp3) is 0. The van der Waals surface area contributed by atoms with Crippen LogP contribution in [0.15, 0.2) is 168 Å². The quantitative estimate of drug-likeness (QED) is 0.187. The molecule has 0 unspecified atom stereocenters. The molecule has 0 saturated heterocycles.